The Morgan fingerprint density at radius 2 is 1.95 bits per heavy atom. The van der Waals surface area contributed by atoms with Gasteiger partial charge in [0.1, 0.15) is 5.82 Å². The van der Waals surface area contributed by atoms with E-state index in [9.17, 15) is 4.39 Å². The summed E-state index contributed by atoms with van der Waals surface area (Å²) in [5.41, 5.74) is 1.95. The molecule has 1 aliphatic rings. The molecule has 0 saturated carbocycles. The van der Waals surface area contributed by atoms with Crippen LogP contribution >= 0.6 is 0 Å². The van der Waals surface area contributed by atoms with Gasteiger partial charge in [0.15, 0.2) is 0 Å². The maximum absolute atomic E-state index is 13.5. The van der Waals surface area contributed by atoms with Crippen molar-refractivity contribution in [3.05, 3.63) is 35.1 Å². The van der Waals surface area contributed by atoms with Crippen molar-refractivity contribution in [2.75, 3.05) is 19.6 Å². The van der Waals surface area contributed by atoms with Gasteiger partial charge in [-0.3, -0.25) is 4.90 Å². The normalized spacial score (nSPS) is 18.4. The summed E-state index contributed by atoms with van der Waals surface area (Å²) in [4.78, 5) is 2.55. The molecule has 1 aliphatic heterocycles. The maximum Gasteiger partial charge on any atom is 0.126 e. The highest BCUT2D eigenvalue weighted by molar-refractivity contribution is 5.29. The number of aryl methyl sites for hydroxylation is 1. The summed E-state index contributed by atoms with van der Waals surface area (Å²) in [6.07, 6.45) is 2.56. The molecule has 2 nitrogen and oxygen atoms in total. The van der Waals surface area contributed by atoms with E-state index in [0.29, 0.717) is 0 Å². The summed E-state index contributed by atoms with van der Waals surface area (Å²) < 4.78 is 13.5. The first-order chi connectivity index (χ1) is 9.46. The lowest BCUT2D eigenvalue weighted by Crippen LogP contribution is -2.51. The van der Waals surface area contributed by atoms with Gasteiger partial charge in [0.05, 0.1) is 6.04 Å². The van der Waals surface area contributed by atoms with Crippen LogP contribution in [0.15, 0.2) is 18.2 Å². The van der Waals surface area contributed by atoms with Gasteiger partial charge in [-0.25, -0.2) is 4.39 Å². The van der Waals surface area contributed by atoms with Gasteiger partial charge in [0, 0.05) is 5.54 Å². The standard InChI is InChI=1S/C17H27FN2/c1-5-19-16(14-8-9-15(18)13(2)12-14)17(3,4)20-10-6-7-11-20/h8-9,12,16,19H,5-7,10-11H2,1-4H3. The molecule has 1 saturated heterocycles. The molecule has 1 aromatic rings. The average molecular weight is 278 g/mol. The highest BCUT2D eigenvalue weighted by Gasteiger charge is 2.37. The van der Waals surface area contributed by atoms with Crippen LogP contribution in [0.25, 0.3) is 0 Å². The van der Waals surface area contributed by atoms with Gasteiger partial charge in [0.2, 0.25) is 0 Å². The molecule has 0 bridgehead atoms. The van der Waals surface area contributed by atoms with Gasteiger partial charge in [0.25, 0.3) is 0 Å². The summed E-state index contributed by atoms with van der Waals surface area (Å²) in [5, 5.41) is 3.60. The van der Waals surface area contributed by atoms with Crippen molar-refractivity contribution < 1.29 is 4.39 Å². The van der Waals surface area contributed by atoms with Crippen molar-refractivity contribution in [3.63, 3.8) is 0 Å². The Morgan fingerprint density at radius 3 is 2.50 bits per heavy atom. The monoisotopic (exact) mass is 278 g/mol. The van der Waals surface area contributed by atoms with Crippen molar-refractivity contribution >= 4 is 0 Å². The van der Waals surface area contributed by atoms with E-state index in [4.69, 9.17) is 0 Å². The first-order valence-electron chi connectivity index (χ1n) is 7.71. The Kier molecular flexibility index (Phi) is 4.82. The van der Waals surface area contributed by atoms with Crippen LogP contribution in [0.3, 0.4) is 0 Å². The smallest absolute Gasteiger partial charge is 0.126 e. The second kappa shape index (κ2) is 6.23. The quantitative estimate of drug-likeness (QED) is 0.884. The Balaban J connectivity index is 2.31. The number of benzene rings is 1. The van der Waals surface area contributed by atoms with Gasteiger partial charge in [-0.1, -0.05) is 19.1 Å². The van der Waals surface area contributed by atoms with Crippen LogP contribution < -0.4 is 5.32 Å². The molecule has 1 atom stereocenters. The molecule has 3 heteroatoms. The second-order valence-corrected chi connectivity index (χ2v) is 6.35. The minimum Gasteiger partial charge on any atom is -0.309 e. The molecule has 1 aromatic carbocycles. The third-order valence-electron chi connectivity index (χ3n) is 4.55. The van der Waals surface area contributed by atoms with Crippen LogP contribution in [0.5, 0.6) is 0 Å². The molecular weight excluding hydrogens is 251 g/mol. The largest absolute Gasteiger partial charge is 0.309 e. The molecule has 20 heavy (non-hydrogen) atoms. The third kappa shape index (κ3) is 3.04. The second-order valence-electron chi connectivity index (χ2n) is 6.35. The molecule has 1 heterocycles. The van der Waals surface area contributed by atoms with Crippen LogP contribution in [0, 0.1) is 12.7 Å². The third-order valence-corrected chi connectivity index (χ3v) is 4.55. The zero-order chi connectivity index (χ0) is 14.8. The Labute approximate surface area is 122 Å². The van der Waals surface area contributed by atoms with Crippen LogP contribution in [-0.2, 0) is 0 Å². The van der Waals surface area contributed by atoms with Gasteiger partial charge in [-0.05, 0) is 70.4 Å². The SMILES string of the molecule is CCNC(c1ccc(F)c(C)c1)C(C)(C)N1CCCC1. The van der Waals surface area contributed by atoms with E-state index in [0.717, 1.165) is 25.2 Å². The highest BCUT2D eigenvalue weighted by atomic mass is 19.1. The summed E-state index contributed by atoms with van der Waals surface area (Å²) >= 11 is 0. The summed E-state index contributed by atoms with van der Waals surface area (Å²) in [7, 11) is 0. The first kappa shape index (κ1) is 15.5. The average Bonchev–Trinajstić information content (AvgIpc) is 2.94. The fourth-order valence-electron chi connectivity index (χ4n) is 3.30. The van der Waals surface area contributed by atoms with Crippen molar-refractivity contribution in [2.45, 2.75) is 52.1 Å². The molecule has 1 N–H and O–H groups in total. The lowest BCUT2D eigenvalue weighted by molar-refractivity contribution is 0.107. The topological polar surface area (TPSA) is 15.3 Å². The summed E-state index contributed by atoms with van der Waals surface area (Å²) in [6.45, 7) is 11.8. The van der Waals surface area contributed by atoms with E-state index in [1.165, 1.54) is 18.4 Å². The van der Waals surface area contributed by atoms with Gasteiger partial charge in [-0.2, -0.15) is 0 Å². The molecular formula is C17H27FN2. The van der Waals surface area contributed by atoms with Crippen molar-refractivity contribution in [1.82, 2.24) is 10.2 Å². The van der Waals surface area contributed by atoms with Crippen molar-refractivity contribution in [3.8, 4) is 0 Å². The van der Waals surface area contributed by atoms with E-state index in [1.54, 1.807) is 6.07 Å². The molecule has 1 fully saturated rings. The number of rotatable bonds is 5. The van der Waals surface area contributed by atoms with E-state index in [2.05, 4.69) is 31.0 Å². The Morgan fingerprint density at radius 1 is 1.30 bits per heavy atom. The zero-order valence-electron chi connectivity index (χ0n) is 13.2. The first-order valence-corrected chi connectivity index (χ1v) is 7.71. The summed E-state index contributed by atoms with van der Waals surface area (Å²) in [6, 6.07) is 5.73. The molecule has 112 valence electrons. The van der Waals surface area contributed by atoms with Crippen molar-refractivity contribution in [1.29, 1.82) is 0 Å². The number of halogens is 1. The van der Waals surface area contributed by atoms with E-state index in [1.807, 2.05) is 19.1 Å². The van der Waals surface area contributed by atoms with E-state index < -0.39 is 0 Å². The Bertz CT molecular complexity index is 450. The number of hydrogen-bond acceptors (Lipinski definition) is 2. The molecule has 1 unspecified atom stereocenters. The maximum atomic E-state index is 13.5. The summed E-state index contributed by atoms with van der Waals surface area (Å²) in [5.74, 6) is -0.122. The fraction of sp³-hybridized carbons (Fsp3) is 0.647. The van der Waals surface area contributed by atoms with Crippen LogP contribution in [0.2, 0.25) is 0 Å². The van der Waals surface area contributed by atoms with Crippen LogP contribution in [-0.4, -0.2) is 30.1 Å². The molecule has 2 rings (SSSR count). The number of nitrogens with zero attached hydrogens (tertiary/aromatic N) is 1. The van der Waals surface area contributed by atoms with Gasteiger partial charge in [-0.15, -0.1) is 0 Å². The molecule has 0 amide bonds. The number of hydrogen-bond donors (Lipinski definition) is 1. The van der Waals surface area contributed by atoms with Crippen LogP contribution in [0.4, 0.5) is 4.39 Å². The molecule has 0 spiro atoms. The lowest BCUT2D eigenvalue weighted by Gasteiger charge is -2.43. The molecule has 0 radical (unpaired) electrons. The van der Waals surface area contributed by atoms with Crippen molar-refractivity contribution in [2.24, 2.45) is 0 Å². The van der Waals surface area contributed by atoms with E-state index >= 15 is 0 Å². The van der Waals surface area contributed by atoms with E-state index in [-0.39, 0.29) is 17.4 Å². The van der Waals surface area contributed by atoms with Crippen LogP contribution in [0.1, 0.15) is 50.8 Å². The lowest BCUT2D eigenvalue weighted by atomic mass is 9.86. The molecule has 0 aliphatic carbocycles. The number of nitrogens with one attached hydrogen (secondary N) is 1. The number of likely N-dealkylation sites (tertiary alicyclic amines) is 1. The van der Waals surface area contributed by atoms with Gasteiger partial charge >= 0.3 is 0 Å². The Hall–Kier alpha value is -0.930. The highest BCUT2D eigenvalue weighted by Crippen LogP contribution is 2.34. The minimum absolute atomic E-state index is 0.0385. The zero-order valence-corrected chi connectivity index (χ0v) is 13.2. The van der Waals surface area contributed by atoms with Gasteiger partial charge < -0.3 is 5.32 Å². The number of likely N-dealkylation sites (N-methyl/N-ethyl adjacent to an activating group) is 1. The predicted molar refractivity (Wildman–Crippen MR) is 82.4 cm³/mol. The predicted octanol–water partition coefficient (Wildman–Crippen LogP) is 3.66. The fourth-order valence-corrected chi connectivity index (χ4v) is 3.30. The minimum atomic E-state index is -0.122. The molecule has 0 aromatic heterocycles.